The first-order valence-electron chi connectivity index (χ1n) is 10.9. The third kappa shape index (κ3) is 7.02. The van der Waals surface area contributed by atoms with Crippen molar-refractivity contribution in [2.24, 2.45) is 0 Å². The van der Waals surface area contributed by atoms with Crippen LogP contribution in [0.3, 0.4) is 0 Å². The Labute approximate surface area is 198 Å². The zero-order valence-electron chi connectivity index (χ0n) is 18.6. The molecule has 0 atom stereocenters. The van der Waals surface area contributed by atoms with E-state index in [1.807, 2.05) is 28.8 Å². The number of rotatable bonds is 10. The number of aromatic nitrogens is 4. The Morgan fingerprint density at radius 1 is 0.971 bits per heavy atom. The smallest absolute Gasteiger partial charge is 0.416 e. The summed E-state index contributed by atoms with van der Waals surface area (Å²) in [7, 11) is 0. The SMILES string of the molecule is Fc1cc(C(F)(F)F)ccc1/C=C/c1nc(COc2ccc(CCCCn3cnnc3)cc2)co1. The van der Waals surface area contributed by atoms with Gasteiger partial charge in [-0.1, -0.05) is 18.2 Å². The number of hydrogen-bond donors (Lipinski definition) is 0. The highest BCUT2D eigenvalue weighted by Gasteiger charge is 2.30. The van der Waals surface area contributed by atoms with Gasteiger partial charge in [-0.05, 0) is 55.2 Å². The van der Waals surface area contributed by atoms with Gasteiger partial charge < -0.3 is 13.7 Å². The number of oxazole rings is 1. The predicted molar refractivity (Wildman–Crippen MR) is 121 cm³/mol. The molecule has 0 aliphatic carbocycles. The average molecular weight is 486 g/mol. The molecule has 0 unspecified atom stereocenters. The van der Waals surface area contributed by atoms with Gasteiger partial charge >= 0.3 is 6.18 Å². The molecule has 0 amide bonds. The van der Waals surface area contributed by atoms with Crippen LogP contribution in [-0.4, -0.2) is 19.7 Å². The van der Waals surface area contributed by atoms with E-state index >= 15 is 0 Å². The highest BCUT2D eigenvalue weighted by molar-refractivity contribution is 5.66. The van der Waals surface area contributed by atoms with Gasteiger partial charge in [-0.25, -0.2) is 9.37 Å². The van der Waals surface area contributed by atoms with E-state index in [2.05, 4.69) is 15.2 Å². The first-order chi connectivity index (χ1) is 16.9. The van der Waals surface area contributed by atoms with Crippen molar-refractivity contribution >= 4 is 12.2 Å². The summed E-state index contributed by atoms with van der Waals surface area (Å²) in [6.45, 7) is 1.06. The maximum Gasteiger partial charge on any atom is 0.416 e. The van der Waals surface area contributed by atoms with Crippen LogP contribution in [-0.2, 0) is 25.7 Å². The van der Waals surface area contributed by atoms with E-state index in [0.29, 0.717) is 17.5 Å². The fourth-order valence-corrected chi connectivity index (χ4v) is 3.34. The number of halogens is 4. The number of benzene rings is 2. The zero-order valence-corrected chi connectivity index (χ0v) is 18.6. The molecule has 2 aromatic heterocycles. The lowest BCUT2D eigenvalue weighted by Crippen LogP contribution is -2.05. The fourth-order valence-electron chi connectivity index (χ4n) is 3.34. The van der Waals surface area contributed by atoms with Crippen LogP contribution in [0.2, 0.25) is 0 Å². The van der Waals surface area contributed by atoms with E-state index in [1.54, 1.807) is 12.7 Å². The van der Waals surface area contributed by atoms with Crippen molar-refractivity contribution in [3.05, 3.63) is 95.5 Å². The van der Waals surface area contributed by atoms with Crippen molar-refractivity contribution in [1.29, 1.82) is 0 Å². The van der Waals surface area contributed by atoms with Gasteiger partial charge in [-0.2, -0.15) is 13.2 Å². The molecule has 0 spiro atoms. The molecule has 0 fully saturated rings. The molecule has 0 saturated heterocycles. The minimum atomic E-state index is -4.60. The van der Waals surface area contributed by atoms with Gasteiger partial charge in [0, 0.05) is 18.2 Å². The number of hydrogen-bond acceptors (Lipinski definition) is 5. The molecule has 0 aliphatic heterocycles. The summed E-state index contributed by atoms with van der Waals surface area (Å²) in [5, 5.41) is 7.57. The highest BCUT2D eigenvalue weighted by atomic mass is 19.4. The van der Waals surface area contributed by atoms with Crippen LogP contribution in [0.1, 0.15) is 41.1 Å². The molecule has 0 aliphatic rings. The van der Waals surface area contributed by atoms with Crippen LogP contribution in [0.4, 0.5) is 17.6 Å². The third-order valence-electron chi connectivity index (χ3n) is 5.21. The Morgan fingerprint density at radius 3 is 2.46 bits per heavy atom. The first-order valence-corrected chi connectivity index (χ1v) is 10.9. The molecule has 0 saturated carbocycles. The van der Waals surface area contributed by atoms with Crippen molar-refractivity contribution in [3.8, 4) is 5.75 Å². The van der Waals surface area contributed by atoms with Crippen LogP contribution in [0.5, 0.6) is 5.75 Å². The van der Waals surface area contributed by atoms with Gasteiger partial charge in [0.25, 0.3) is 0 Å². The maximum absolute atomic E-state index is 13.9. The normalized spacial score (nSPS) is 11.9. The lowest BCUT2D eigenvalue weighted by atomic mass is 10.1. The van der Waals surface area contributed by atoms with E-state index in [4.69, 9.17) is 9.15 Å². The van der Waals surface area contributed by atoms with Crippen molar-refractivity contribution in [2.75, 3.05) is 0 Å². The monoisotopic (exact) mass is 486 g/mol. The van der Waals surface area contributed by atoms with Gasteiger partial charge in [0.05, 0.1) is 5.56 Å². The minimum absolute atomic E-state index is 0.00664. The molecule has 182 valence electrons. The molecular formula is C25H22F4N4O2. The summed E-state index contributed by atoms with van der Waals surface area (Å²) < 4.78 is 64.9. The Hall–Kier alpha value is -3.95. The number of ether oxygens (including phenoxy) is 1. The number of nitrogens with zero attached hydrogens (tertiary/aromatic N) is 4. The topological polar surface area (TPSA) is 66.0 Å². The van der Waals surface area contributed by atoms with Crippen molar-refractivity contribution in [2.45, 2.75) is 38.6 Å². The van der Waals surface area contributed by atoms with Gasteiger partial charge in [0.2, 0.25) is 5.89 Å². The second-order valence-electron chi connectivity index (χ2n) is 7.83. The molecule has 10 heteroatoms. The van der Waals surface area contributed by atoms with Gasteiger partial charge in [0.15, 0.2) is 0 Å². The van der Waals surface area contributed by atoms with Crippen molar-refractivity contribution < 1.29 is 26.7 Å². The minimum Gasteiger partial charge on any atom is -0.487 e. The van der Waals surface area contributed by atoms with Crippen LogP contribution in [0.15, 0.2) is 65.8 Å². The van der Waals surface area contributed by atoms with Crippen molar-refractivity contribution in [3.63, 3.8) is 0 Å². The number of aryl methyl sites for hydroxylation is 2. The molecular weight excluding hydrogens is 464 g/mol. The third-order valence-corrected chi connectivity index (χ3v) is 5.21. The van der Waals surface area contributed by atoms with Gasteiger partial charge in [0.1, 0.15) is 42.8 Å². The average Bonchev–Trinajstić information content (AvgIpc) is 3.52. The molecule has 6 nitrogen and oxygen atoms in total. The fraction of sp³-hybridized carbons (Fsp3) is 0.240. The van der Waals surface area contributed by atoms with Gasteiger partial charge in [-0.15, -0.1) is 10.2 Å². The van der Waals surface area contributed by atoms with Crippen LogP contribution in [0, 0.1) is 5.82 Å². The molecule has 0 radical (unpaired) electrons. The lowest BCUT2D eigenvalue weighted by Gasteiger charge is -2.07. The Balaban J connectivity index is 1.24. The summed E-state index contributed by atoms with van der Waals surface area (Å²) in [6.07, 6.45) is 5.95. The zero-order chi connectivity index (χ0) is 24.7. The summed E-state index contributed by atoms with van der Waals surface area (Å²) in [6, 6.07) is 10.2. The highest BCUT2D eigenvalue weighted by Crippen LogP contribution is 2.30. The van der Waals surface area contributed by atoms with E-state index < -0.39 is 17.6 Å². The second kappa shape index (κ2) is 11.0. The summed E-state index contributed by atoms with van der Waals surface area (Å²) in [4.78, 5) is 4.22. The molecule has 0 N–H and O–H groups in total. The first kappa shape index (κ1) is 24.2. The Kier molecular flexibility index (Phi) is 7.59. The van der Waals surface area contributed by atoms with Gasteiger partial charge in [-0.3, -0.25) is 0 Å². The maximum atomic E-state index is 13.9. The largest absolute Gasteiger partial charge is 0.487 e. The molecule has 2 aromatic carbocycles. The van der Waals surface area contributed by atoms with Crippen molar-refractivity contribution in [1.82, 2.24) is 19.7 Å². The molecule has 4 rings (SSSR count). The van der Waals surface area contributed by atoms with Crippen LogP contribution in [0.25, 0.3) is 12.2 Å². The number of alkyl halides is 3. The van der Waals surface area contributed by atoms with Crippen LogP contribution < -0.4 is 4.74 Å². The summed E-state index contributed by atoms with van der Waals surface area (Å²) >= 11 is 0. The van der Waals surface area contributed by atoms with E-state index in [9.17, 15) is 17.6 Å². The molecule has 2 heterocycles. The summed E-state index contributed by atoms with van der Waals surface area (Å²) in [5.41, 5.74) is 0.688. The standard InChI is InChI=1S/C25H22F4N4O2/c26-23-13-20(25(27,28)29)8-6-19(23)7-11-24-32-21(15-35-24)14-34-22-9-4-18(5-10-22)3-1-2-12-33-16-30-31-17-33/h4-11,13,15-17H,1-3,12,14H2/b11-7+. The predicted octanol–water partition coefficient (Wildman–Crippen LogP) is 6.20. The van der Waals surface area contributed by atoms with Crippen LogP contribution >= 0.6 is 0 Å². The molecule has 0 bridgehead atoms. The van der Waals surface area contributed by atoms with E-state index in [-0.39, 0.29) is 18.1 Å². The Morgan fingerprint density at radius 2 is 1.74 bits per heavy atom. The van der Waals surface area contributed by atoms with E-state index in [0.717, 1.165) is 37.9 Å². The van der Waals surface area contributed by atoms with E-state index in [1.165, 1.54) is 24.0 Å². The second-order valence-corrected chi connectivity index (χ2v) is 7.83. The number of unbranched alkanes of at least 4 members (excludes halogenated alkanes) is 1. The molecule has 4 aromatic rings. The molecule has 35 heavy (non-hydrogen) atoms. The lowest BCUT2D eigenvalue weighted by molar-refractivity contribution is -0.137. The summed E-state index contributed by atoms with van der Waals surface area (Å²) in [5.74, 6) is -0.111. The Bertz CT molecular complexity index is 1250. The quantitative estimate of drug-likeness (QED) is 0.197.